The van der Waals surface area contributed by atoms with Gasteiger partial charge in [0, 0.05) is 0 Å². The fraction of sp³-hybridized carbons (Fsp3) is 0.357. The molecule has 2 aromatic rings. The van der Waals surface area contributed by atoms with Crippen molar-refractivity contribution in [3.63, 3.8) is 0 Å². The first-order valence-electron chi connectivity index (χ1n) is 6.64. The molecule has 2 rings (SSSR count). The van der Waals surface area contributed by atoms with Crippen LogP contribution >= 0.6 is 11.8 Å². The number of thioether (sulfide) groups is 1. The topological polar surface area (TPSA) is 79.2 Å². The summed E-state index contributed by atoms with van der Waals surface area (Å²) in [6.07, 6.45) is 0. The summed E-state index contributed by atoms with van der Waals surface area (Å²) in [4.78, 5) is 1.31. The Morgan fingerprint density at radius 3 is 2.76 bits per heavy atom. The van der Waals surface area contributed by atoms with Gasteiger partial charge in [-0.1, -0.05) is 23.9 Å². The van der Waals surface area contributed by atoms with Crippen molar-refractivity contribution in [3.05, 3.63) is 24.3 Å². The highest BCUT2D eigenvalue weighted by Gasteiger charge is 2.17. The molecule has 1 aromatic heterocycles. The summed E-state index contributed by atoms with van der Waals surface area (Å²) >= 11 is 1.36. The van der Waals surface area contributed by atoms with Crippen molar-refractivity contribution in [3.8, 4) is 23.2 Å². The maximum absolute atomic E-state index is 10.0. The lowest BCUT2D eigenvalue weighted by Gasteiger charge is -2.12. The number of nitrogens with one attached hydrogen (secondary N) is 1. The van der Waals surface area contributed by atoms with E-state index in [1.165, 1.54) is 16.7 Å². The number of para-hydroxylation sites is 1. The number of hydrogen-bond acceptors (Lipinski definition) is 5. The third-order valence-electron chi connectivity index (χ3n) is 2.96. The summed E-state index contributed by atoms with van der Waals surface area (Å²) in [5.74, 6) is 1.14. The highest BCUT2D eigenvalue weighted by Crippen LogP contribution is 2.29. The van der Waals surface area contributed by atoms with Crippen LogP contribution < -0.4 is 4.90 Å². The van der Waals surface area contributed by atoms with Gasteiger partial charge in [-0.2, -0.15) is 5.26 Å². The number of benzene rings is 1. The van der Waals surface area contributed by atoms with E-state index >= 15 is 0 Å². The molecule has 0 fully saturated rings. The van der Waals surface area contributed by atoms with Crippen molar-refractivity contribution < 1.29 is 10.0 Å². The Morgan fingerprint density at radius 2 is 2.10 bits per heavy atom. The van der Waals surface area contributed by atoms with E-state index in [4.69, 9.17) is 5.26 Å². The third-order valence-corrected chi connectivity index (χ3v) is 3.80. The SMILES string of the molecule is C[NH+](C)CCn1c(SCC#N)nnc1-c1ccccc1O. The van der Waals surface area contributed by atoms with E-state index in [0.29, 0.717) is 22.3 Å². The molecular formula is C14H18N5OS+. The average molecular weight is 304 g/mol. The van der Waals surface area contributed by atoms with Gasteiger partial charge in [-0.05, 0) is 12.1 Å². The molecule has 1 heterocycles. The summed E-state index contributed by atoms with van der Waals surface area (Å²) in [6.45, 7) is 1.63. The quantitative estimate of drug-likeness (QED) is 0.756. The van der Waals surface area contributed by atoms with E-state index < -0.39 is 0 Å². The van der Waals surface area contributed by atoms with Crippen LogP contribution in [0, 0.1) is 11.3 Å². The Kier molecular flexibility index (Phi) is 5.20. The Bertz CT molecular complexity index is 647. The number of nitrogens with zero attached hydrogens (tertiary/aromatic N) is 4. The number of aromatic hydroxyl groups is 1. The van der Waals surface area contributed by atoms with E-state index in [2.05, 4.69) is 30.4 Å². The van der Waals surface area contributed by atoms with Gasteiger partial charge in [-0.25, -0.2) is 0 Å². The number of rotatable bonds is 6. The van der Waals surface area contributed by atoms with Crippen LogP contribution in [0.2, 0.25) is 0 Å². The molecule has 0 radical (unpaired) electrons. The van der Waals surface area contributed by atoms with Crippen LogP contribution in [-0.2, 0) is 6.54 Å². The van der Waals surface area contributed by atoms with Gasteiger partial charge in [0.25, 0.3) is 0 Å². The predicted molar refractivity (Wildman–Crippen MR) is 81.1 cm³/mol. The van der Waals surface area contributed by atoms with Gasteiger partial charge in [-0.3, -0.25) is 4.57 Å². The Balaban J connectivity index is 2.38. The highest BCUT2D eigenvalue weighted by molar-refractivity contribution is 7.99. The van der Waals surface area contributed by atoms with Gasteiger partial charge >= 0.3 is 0 Å². The number of quaternary nitrogens is 1. The van der Waals surface area contributed by atoms with Crippen LogP contribution in [0.3, 0.4) is 0 Å². The van der Waals surface area contributed by atoms with E-state index in [1.807, 2.05) is 16.7 Å². The van der Waals surface area contributed by atoms with Crippen LogP contribution in [-0.4, -0.2) is 46.3 Å². The van der Waals surface area contributed by atoms with Gasteiger partial charge < -0.3 is 10.0 Å². The Labute approximate surface area is 128 Å². The minimum Gasteiger partial charge on any atom is -0.507 e. The van der Waals surface area contributed by atoms with Gasteiger partial charge in [0.1, 0.15) is 5.75 Å². The average Bonchev–Trinajstić information content (AvgIpc) is 2.86. The molecule has 0 amide bonds. The molecule has 0 atom stereocenters. The van der Waals surface area contributed by atoms with Crippen molar-refractivity contribution in [1.82, 2.24) is 14.8 Å². The van der Waals surface area contributed by atoms with Crippen molar-refractivity contribution in [2.75, 3.05) is 26.4 Å². The monoisotopic (exact) mass is 304 g/mol. The van der Waals surface area contributed by atoms with Crippen LogP contribution in [0.4, 0.5) is 0 Å². The van der Waals surface area contributed by atoms with E-state index in [9.17, 15) is 5.11 Å². The first-order chi connectivity index (χ1) is 10.1. The maximum Gasteiger partial charge on any atom is 0.192 e. The lowest BCUT2D eigenvalue weighted by molar-refractivity contribution is -0.859. The van der Waals surface area contributed by atoms with E-state index in [1.54, 1.807) is 12.1 Å². The molecule has 0 bridgehead atoms. The molecule has 1 aromatic carbocycles. The molecule has 0 spiro atoms. The second kappa shape index (κ2) is 7.11. The molecule has 0 unspecified atom stereocenters. The fourth-order valence-corrected chi connectivity index (χ4v) is 2.52. The number of phenols is 1. The van der Waals surface area contributed by atoms with Crippen molar-refractivity contribution in [2.24, 2.45) is 0 Å². The number of nitriles is 1. The summed E-state index contributed by atoms with van der Waals surface area (Å²) in [5.41, 5.74) is 0.655. The van der Waals surface area contributed by atoms with Crippen molar-refractivity contribution >= 4 is 11.8 Å². The fourth-order valence-electron chi connectivity index (χ4n) is 1.89. The molecule has 2 N–H and O–H groups in total. The van der Waals surface area contributed by atoms with E-state index in [-0.39, 0.29) is 5.75 Å². The lowest BCUT2D eigenvalue weighted by Crippen LogP contribution is -3.06. The first-order valence-corrected chi connectivity index (χ1v) is 7.62. The number of hydrogen-bond donors (Lipinski definition) is 2. The smallest absolute Gasteiger partial charge is 0.192 e. The first kappa shape index (κ1) is 15.4. The molecule has 0 aliphatic heterocycles. The molecule has 7 heteroatoms. The zero-order valence-electron chi connectivity index (χ0n) is 12.1. The number of phenolic OH excluding ortho intramolecular Hbond substituents is 1. The molecule has 0 aliphatic rings. The van der Waals surface area contributed by atoms with Gasteiger partial charge in [0.15, 0.2) is 11.0 Å². The van der Waals surface area contributed by atoms with Crippen LogP contribution in [0.1, 0.15) is 0 Å². The van der Waals surface area contributed by atoms with Gasteiger partial charge in [0.2, 0.25) is 0 Å². The third kappa shape index (κ3) is 3.74. The Hall–Kier alpha value is -2.04. The van der Waals surface area contributed by atoms with Crippen molar-refractivity contribution in [2.45, 2.75) is 11.7 Å². The largest absolute Gasteiger partial charge is 0.507 e. The molecule has 110 valence electrons. The molecule has 0 saturated carbocycles. The zero-order valence-corrected chi connectivity index (χ0v) is 12.9. The molecule has 0 aliphatic carbocycles. The summed E-state index contributed by atoms with van der Waals surface area (Å²) < 4.78 is 1.96. The normalized spacial score (nSPS) is 10.8. The minimum absolute atomic E-state index is 0.181. The van der Waals surface area contributed by atoms with Crippen LogP contribution in [0.5, 0.6) is 5.75 Å². The van der Waals surface area contributed by atoms with Gasteiger partial charge in [-0.15, -0.1) is 10.2 Å². The standard InChI is InChI=1S/C14H17N5OS/c1-18(2)8-9-19-13(11-5-3-4-6-12(11)20)16-17-14(19)21-10-7-15/h3-6,20H,8-10H2,1-2H3/p+1. The molecular weight excluding hydrogens is 286 g/mol. The summed E-state index contributed by atoms with van der Waals surface area (Å²) in [7, 11) is 4.15. The van der Waals surface area contributed by atoms with E-state index in [0.717, 1.165) is 13.1 Å². The molecule has 21 heavy (non-hydrogen) atoms. The number of likely N-dealkylation sites (N-methyl/N-ethyl adjacent to an activating group) is 1. The Morgan fingerprint density at radius 1 is 1.33 bits per heavy atom. The molecule has 0 saturated heterocycles. The lowest BCUT2D eigenvalue weighted by atomic mass is 10.2. The van der Waals surface area contributed by atoms with Crippen LogP contribution in [0.15, 0.2) is 29.4 Å². The van der Waals surface area contributed by atoms with Gasteiger partial charge in [0.05, 0.1) is 44.6 Å². The minimum atomic E-state index is 0.181. The second-order valence-corrected chi connectivity index (χ2v) is 5.82. The van der Waals surface area contributed by atoms with Crippen LogP contribution in [0.25, 0.3) is 11.4 Å². The predicted octanol–water partition coefficient (Wildman–Crippen LogP) is 0.411. The second-order valence-electron chi connectivity index (χ2n) is 4.88. The zero-order chi connectivity index (χ0) is 15.2. The maximum atomic E-state index is 10.0. The summed E-state index contributed by atoms with van der Waals surface area (Å²) in [6, 6.07) is 9.17. The number of aromatic nitrogens is 3. The highest BCUT2D eigenvalue weighted by atomic mass is 32.2. The van der Waals surface area contributed by atoms with Crippen molar-refractivity contribution in [1.29, 1.82) is 5.26 Å². The molecule has 6 nitrogen and oxygen atoms in total. The summed E-state index contributed by atoms with van der Waals surface area (Å²) in [5, 5.41) is 27.8.